The SMILES string of the molecule is Cc1nc(NC(=O)Cn2c3c(c4ccccc42)CCC3)sc1C(=O)N(C)C. The van der Waals surface area contributed by atoms with Crippen LogP contribution in [0.3, 0.4) is 0 Å². The maximum absolute atomic E-state index is 12.7. The standard InChI is InChI=1S/C20H22N4O2S/c1-12-18(19(26)23(2)3)27-20(21-12)22-17(25)11-24-15-9-5-4-7-13(15)14-8-6-10-16(14)24/h4-5,7,9H,6,8,10-11H2,1-3H3,(H,21,22,25). The molecule has 2 amide bonds. The van der Waals surface area contributed by atoms with E-state index in [0.717, 1.165) is 24.8 Å². The average Bonchev–Trinajstić information content (AvgIpc) is 3.31. The number of hydrogen-bond donors (Lipinski definition) is 1. The summed E-state index contributed by atoms with van der Waals surface area (Å²) in [5, 5.41) is 4.59. The maximum Gasteiger partial charge on any atom is 0.265 e. The summed E-state index contributed by atoms with van der Waals surface area (Å²) in [5.41, 5.74) is 4.39. The predicted octanol–water partition coefficient (Wildman–Crippen LogP) is 3.24. The van der Waals surface area contributed by atoms with Crippen LogP contribution < -0.4 is 5.32 Å². The van der Waals surface area contributed by atoms with Crippen molar-refractivity contribution in [1.82, 2.24) is 14.5 Å². The van der Waals surface area contributed by atoms with Gasteiger partial charge >= 0.3 is 0 Å². The molecule has 7 heteroatoms. The van der Waals surface area contributed by atoms with Gasteiger partial charge < -0.3 is 14.8 Å². The fraction of sp³-hybridized carbons (Fsp3) is 0.350. The van der Waals surface area contributed by atoms with E-state index in [-0.39, 0.29) is 18.4 Å². The summed E-state index contributed by atoms with van der Waals surface area (Å²) in [4.78, 5) is 31.3. The van der Waals surface area contributed by atoms with E-state index in [1.165, 1.54) is 32.9 Å². The molecule has 4 rings (SSSR count). The quantitative estimate of drug-likeness (QED) is 0.753. The van der Waals surface area contributed by atoms with Crippen molar-refractivity contribution < 1.29 is 9.59 Å². The number of anilines is 1. The number of amides is 2. The van der Waals surface area contributed by atoms with Gasteiger partial charge in [0.1, 0.15) is 11.4 Å². The van der Waals surface area contributed by atoms with Gasteiger partial charge in [-0.05, 0) is 37.8 Å². The number of carbonyl (C=O) groups is 2. The van der Waals surface area contributed by atoms with Crippen molar-refractivity contribution in [2.45, 2.75) is 32.7 Å². The minimum absolute atomic E-state index is 0.0975. The normalized spacial score (nSPS) is 13.0. The smallest absolute Gasteiger partial charge is 0.265 e. The van der Waals surface area contributed by atoms with Crippen molar-refractivity contribution in [3.8, 4) is 0 Å². The first-order valence-corrected chi connectivity index (χ1v) is 9.85. The number of nitrogens with one attached hydrogen (secondary N) is 1. The van der Waals surface area contributed by atoms with Crippen LogP contribution in [0.15, 0.2) is 24.3 Å². The molecule has 0 radical (unpaired) electrons. The molecule has 0 fully saturated rings. The van der Waals surface area contributed by atoms with E-state index >= 15 is 0 Å². The highest BCUT2D eigenvalue weighted by atomic mass is 32.1. The molecular formula is C20H22N4O2S. The van der Waals surface area contributed by atoms with Crippen LogP contribution in [0, 0.1) is 6.92 Å². The summed E-state index contributed by atoms with van der Waals surface area (Å²) in [5.74, 6) is -0.220. The largest absolute Gasteiger partial charge is 0.344 e. The summed E-state index contributed by atoms with van der Waals surface area (Å²) in [6, 6.07) is 8.27. The van der Waals surface area contributed by atoms with E-state index in [4.69, 9.17) is 0 Å². The van der Waals surface area contributed by atoms with Crippen molar-refractivity contribution in [3.05, 3.63) is 46.1 Å². The second kappa shape index (κ2) is 6.81. The van der Waals surface area contributed by atoms with Crippen LogP contribution in [0.4, 0.5) is 5.13 Å². The molecular weight excluding hydrogens is 360 g/mol. The van der Waals surface area contributed by atoms with Crippen LogP contribution >= 0.6 is 11.3 Å². The highest BCUT2D eigenvalue weighted by Gasteiger charge is 2.23. The van der Waals surface area contributed by atoms with Gasteiger partial charge in [0.25, 0.3) is 5.91 Å². The number of para-hydroxylation sites is 1. The minimum Gasteiger partial charge on any atom is -0.344 e. The van der Waals surface area contributed by atoms with Gasteiger partial charge in [0, 0.05) is 30.7 Å². The summed E-state index contributed by atoms with van der Waals surface area (Å²) < 4.78 is 2.12. The second-order valence-electron chi connectivity index (χ2n) is 7.06. The van der Waals surface area contributed by atoms with E-state index in [1.807, 2.05) is 12.1 Å². The summed E-state index contributed by atoms with van der Waals surface area (Å²) in [6.45, 7) is 2.04. The molecule has 0 saturated carbocycles. The Kier molecular flexibility index (Phi) is 4.47. The van der Waals surface area contributed by atoms with E-state index in [2.05, 4.69) is 27.0 Å². The second-order valence-corrected chi connectivity index (χ2v) is 8.06. The lowest BCUT2D eigenvalue weighted by molar-refractivity contribution is -0.116. The first-order chi connectivity index (χ1) is 13.0. The Morgan fingerprint density at radius 2 is 2.04 bits per heavy atom. The molecule has 0 atom stereocenters. The fourth-order valence-corrected chi connectivity index (χ4v) is 4.76. The van der Waals surface area contributed by atoms with Crippen molar-refractivity contribution >= 4 is 39.2 Å². The predicted molar refractivity (Wildman–Crippen MR) is 107 cm³/mol. The van der Waals surface area contributed by atoms with Crippen LogP contribution in [0.1, 0.15) is 33.0 Å². The van der Waals surface area contributed by atoms with Crippen LogP contribution in [-0.2, 0) is 24.2 Å². The zero-order chi connectivity index (χ0) is 19.1. The Morgan fingerprint density at radius 1 is 1.26 bits per heavy atom. The fourth-order valence-electron chi connectivity index (χ4n) is 3.76. The van der Waals surface area contributed by atoms with Crippen LogP contribution in [0.25, 0.3) is 10.9 Å². The molecule has 140 valence electrons. The Balaban J connectivity index is 1.57. The zero-order valence-electron chi connectivity index (χ0n) is 15.7. The molecule has 0 bridgehead atoms. The lowest BCUT2D eigenvalue weighted by atomic mass is 10.1. The van der Waals surface area contributed by atoms with Crippen molar-refractivity contribution in [1.29, 1.82) is 0 Å². The zero-order valence-corrected chi connectivity index (χ0v) is 16.5. The summed E-state index contributed by atoms with van der Waals surface area (Å²) in [7, 11) is 3.41. The third-order valence-electron chi connectivity index (χ3n) is 4.98. The van der Waals surface area contributed by atoms with Crippen molar-refractivity contribution in [2.24, 2.45) is 0 Å². The molecule has 1 aliphatic carbocycles. The number of hydrogen-bond acceptors (Lipinski definition) is 4. The van der Waals surface area contributed by atoms with Gasteiger partial charge in [-0.3, -0.25) is 9.59 Å². The topological polar surface area (TPSA) is 67.2 Å². The highest BCUT2D eigenvalue weighted by Crippen LogP contribution is 2.33. The summed E-state index contributed by atoms with van der Waals surface area (Å²) >= 11 is 1.22. The van der Waals surface area contributed by atoms with Crippen LogP contribution in [-0.4, -0.2) is 40.4 Å². The number of rotatable bonds is 4. The van der Waals surface area contributed by atoms with E-state index < -0.39 is 0 Å². The Labute approximate surface area is 161 Å². The number of carbonyl (C=O) groups excluding carboxylic acids is 2. The molecule has 6 nitrogen and oxygen atoms in total. The third-order valence-corrected chi connectivity index (χ3v) is 6.04. The van der Waals surface area contributed by atoms with Gasteiger partial charge in [0.15, 0.2) is 5.13 Å². The number of thiazole rings is 1. The van der Waals surface area contributed by atoms with E-state index in [9.17, 15) is 9.59 Å². The number of fused-ring (bicyclic) bond motifs is 3. The lowest BCUT2D eigenvalue weighted by Gasteiger charge is -2.09. The highest BCUT2D eigenvalue weighted by molar-refractivity contribution is 7.17. The molecule has 0 spiro atoms. The molecule has 1 aliphatic rings. The van der Waals surface area contributed by atoms with Crippen molar-refractivity contribution in [2.75, 3.05) is 19.4 Å². The number of nitrogens with zero attached hydrogens (tertiary/aromatic N) is 3. The van der Waals surface area contributed by atoms with E-state index in [0.29, 0.717) is 15.7 Å². The third kappa shape index (κ3) is 3.12. The molecule has 3 aromatic rings. The number of aryl methyl sites for hydroxylation is 2. The first kappa shape index (κ1) is 17.7. The van der Waals surface area contributed by atoms with Crippen LogP contribution in [0.5, 0.6) is 0 Å². The molecule has 2 heterocycles. The lowest BCUT2D eigenvalue weighted by Crippen LogP contribution is -2.21. The van der Waals surface area contributed by atoms with Gasteiger partial charge in [-0.15, -0.1) is 0 Å². The Bertz CT molecular complexity index is 1050. The minimum atomic E-state index is -0.122. The molecule has 0 unspecified atom stereocenters. The summed E-state index contributed by atoms with van der Waals surface area (Å²) in [6.07, 6.45) is 3.22. The van der Waals surface area contributed by atoms with E-state index in [1.54, 1.807) is 21.0 Å². The molecule has 1 aromatic carbocycles. The monoisotopic (exact) mass is 382 g/mol. The van der Waals surface area contributed by atoms with Crippen molar-refractivity contribution in [3.63, 3.8) is 0 Å². The molecule has 0 aliphatic heterocycles. The maximum atomic E-state index is 12.7. The Morgan fingerprint density at radius 3 is 2.81 bits per heavy atom. The molecule has 0 saturated heterocycles. The Hall–Kier alpha value is -2.67. The van der Waals surface area contributed by atoms with Crippen LogP contribution in [0.2, 0.25) is 0 Å². The average molecular weight is 382 g/mol. The van der Waals surface area contributed by atoms with Gasteiger partial charge in [-0.1, -0.05) is 29.5 Å². The van der Waals surface area contributed by atoms with Gasteiger partial charge in [-0.25, -0.2) is 4.98 Å². The number of aromatic nitrogens is 2. The van der Waals surface area contributed by atoms with Gasteiger partial charge in [0.05, 0.1) is 5.69 Å². The number of benzene rings is 1. The molecule has 2 aromatic heterocycles. The molecule has 27 heavy (non-hydrogen) atoms. The first-order valence-electron chi connectivity index (χ1n) is 9.03. The molecule has 1 N–H and O–H groups in total. The van der Waals surface area contributed by atoms with Gasteiger partial charge in [-0.2, -0.15) is 0 Å². The van der Waals surface area contributed by atoms with Gasteiger partial charge in [0.2, 0.25) is 5.91 Å².